The Morgan fingerprint density at radius 2 is 1.98 bits per heavy atom. The zero-order chi connectivity index (χ0) is 31.0. The van der Waals surface area contributed by atoms with Crippen molar-refractivity contribution < 1.29 is 27.8 Å². The number of ether oxygens (including phenoxy) is 3. The molecule has 11 nitrogen and oxygen atoms in total. The zero-order valence-corrected chi connectivity index (χ0v) is 24.7. The molecule has 2 aliphatic rings. The second-order valence-corrected chi connectivity index (χ2v) is 11.5. The minimum atomic E-state index is -0.783. The van der Waals surface area contributed by atoms with Crippen LogP contribution in [0, 0.1) is 17.6 Å². The number of nitrogens with zero attached hydrogens (tertiary/aromatic N) is 5. The third kappa shape index (κ3) is 5.76. The highest BCUT2D eigenvalue weighted by Gasteiger charge is 2.39. The van der Waals surface area contributed by atoms with E-state index in [0.29, 0.717) is 43.2 Å². The first-order valence-corrected chi connectivity index (χ1v) is 14.6. The molecule has 0 radical (unpaired) electrons. The molecular formula is C31H35F2N7O4. The fraction of sp³-hybridized carbons (Fsp3) is 0.419. The maximum absolute atomic E-state index is 15.2. The Hall–Kier alpha value is -4.36. The molecule has 1 aliphatic carbocycles. The minimum Gasteiger partial charge on any atom is -0.488 e. The molecular weight excluding hydrogens is 572 g/mol. The molecule has 1 amide bonds. The number of aromatic nitrogens is 4. The van der Waals surface area contributed by atoms with Crippen LogP contribution < -0.4 is 15.8 Å². The van der Waals surface area contributed by atoms with Crippen LogP contribution in [0.5, 0.6) is 5.75 Å². The molecule has 13 heteroatoms. The van der Waals surface area contributed by atoms with Crippen LogP contribution in [0.4, 0.5) is 25.2 Å². The number of amides is 1. The first-order chi connectivity index (χ1) is 21.2. The molecule has 1 saturated heterocycles. The van der Waals surface area contributed by atoms with Crippen molar-refractivity contribution in [2.24, 2.45) is 11.7 Å². The van der Waals surface area contributed by atoms with E-state index in [2.05, 4.69) is 27.3 Å². The fourth-order valence-electron chi connectivity index (χ4n) is 6.51. The number of imidazole rings is 1. The SMILES string of the molecule is COC(=O)N(C)C1C(C)CC(c2ccncc2Nc2ncc3ccc(-c4c(F)cc(OC5CCOC5)cc4F)nn23)CC1N. The van der Waals surface area contributed by atoms with E-state index >= 15 is 8.78 Å². The van der Waals surface area contributed by atoms with Crippen LogP contribution in [0.2, 0.25) is 0 Å². The maximum atomic E-state index is 15.2. The number of halogens is 2. The van der Waals surface area contributed by atoms with Crippen LogP contribution in [0.15, 0.2) is 48.9 Å². The van der Waals surface area contributed by atoms with Gasteiger partial charge in [0, 0.05) is 37.8 Å². The van der Waals surface area contributed by atoms with Gasteiger partial charge in [-0.25, -0.2) is 18.6 Å². The Balaban J connectivity index is 1.26. The number of nitrogens with two attached hydrogens (primary N) is 1. The number of benzene rings is 1. The van der Waals surface area contributed by atoms with E-state index in [1.165, 1.54) is 23.8 Å². The number of nitrogens with one attached hydrogen (secondary N) is 1. The highest BCUT2D eigenvalue weighted by atomic mass is 19.1. The van der Waals surface area contributed by atoms with Gasteiger partial charge in [-0.1, -0.05) is 6.92 Å². The predicted molar refractivity (Wildman–Crippen MR) is 159 cm³/mol. The minimum absolute atomic E-state index is 0.0854. The molecule has 1 aromatic carbocycles. The first-order valence-electron chi connectivity index (χ1n) is 14.6. The topological polar surface area (TPSA) is 129 Å². The van der Waals surface area contributed by atoms with Gasteiger partial charge >= 0.3 is 6.09 Å². The van der Waals surface area contributed by atoms with Crippen molar-refractivity contribution in [2.75, 3.05) is 32.7 Å². The van der Waals surface area contributed by atoms with E-state index in [4.69, 9.17) is 19.9 Å². The van der Waals surface area contributed by atoms with Crippen LogP contribution in [0.25, 0.3) is 16.8 Å². The molecule has 0 bridgehead atoms. The number of carbonyl (C=O) groups is 1. The summed E-state index contributed by atoms with van der Waals surface area (Å²) in [6.45, 7) is 3.03. The van der Waals surface area contributed by atoms with E-state index in [-0.39, 0.29) is 47.0 Å². The summed E-state index contributed by atoms with van der Waals surface area (Å²) < 4.78 is 47.8. The number of likely N-dealkylation sites (N-methyl/N-ethyl adjacent to an activating group) is 1. The van der Waals surface area contributed by atoms with Crippen LogP contribution >= 0.6 is 0 Å². The fourth-order valence-corrected chi connectivity index (χ4v) is 6.51. The zero-order valence-electron chi connectivity index (χ0n) is 24.7. The summed E-state index contributed by atoms with van der Waals surface area (Å²) in [5.41, 5.74) is 8.79. The quantitative estimate of drug-likeness (QED) is 0.302. The summed E-state index contributed by atoms with van der Waals surface area (Å²) in [5, 5.41) is 7.86. The van der Waals surface area contributed by atoms with E-state index < -0.39 is 17.7 Å². The van der Waals surface area contributed by atoms with Crippen molar-refractivity contribution in [3.63, 3.8) is 0 Å². The summed E-state index contributed by atoms with van der Waals surface area (Å²) in [6.07, 6.45) is 6.50. The molecule has 44 heavy (non-hydrogen) atoms. The average Bonchev–Trinajstić information content (AvgIpc) is 3.66. The number of carbonyl (C=O) groups excluding carboxylic acids is 1. The largest absolute Gasteiger partial charge is 0.488 e. The van der Waals surface area contributed by atoms with Gasteiger partial charge in [0.05, 0.1) is 61.2 Å². The lowest BCUT2D eigenvalue weighted by molar-refractivity contribution is 0.0778. The molecule has 232 valence electrons. The van der Waals surface area contributed by atoms with Crippen LogP contribution in [-0.2, 0) is 9.47 Å². The van der Waals surface area contributed by atoms with Crippen molar-refractivity contribution in [3.8, 4) is 17.0 Å². The number of methoxy groups -OCH3 is 1. The number of fused-ring (bicyclic) bond motifs is 1. The molecule has 4 heterocycles. The predicted octanol–water partition coefficient (Wildman–Crippen LogP) is 4.89. The third-order valence-electron chi connectivity index (χ3n) is 8.53. The Morgan fingerprint density at radius 3 is 2.68 bits per heavy atom. The Labute approximate surface area is 253 Å². The van der Waals surface area contributed by atoms with Gasteiger partial charge in [0.1, 0.15) is 23.5 Å². The van der Waals surface area contributed by atoms with Crippen LogP contribution in [-0.4, -0.2) is 76.1 Å². The average molecular weight is 608 g/mol. The van der Waals surface area contributed by atoms with Gasteiger partial charge in [0.2, 0.25) is 5.95 Å². The summed E-state index contributed by atoms with van der Waals surface area (Å²) in [7, 11) is 3.07. The molecule has 3 N–H and O–H groups in total. The molecule has 6 rings (SSSR count). The normalized spacial score (nSPS) is 23.5. The highest BCUT2D eigenvalue weighted by Crippen LogP contribution is 2.40. The van der Waals surface area contributed by atoms with Gasteiger partial charge in [-0.3, -0.25) is 4.98 Å². The van der Waals surface area contributed by atoms with Gasteiger partial charge in [0.25, 0.3) is 0 Å². The van der Waals surface area contributed by atoms with Gasteiger partial charge < -0.3 is 30.2 Å². The molecule has 4 aromatic rings. The van der Waals surface area contributed by atoms with Crippen LogP contribution in [0.3, 0.4) is 0 Å². The number of hydrogen-bond donors (Lipinski definition) is 2. The Morgan fingerprint density at radius 1 is 1.18 bits per heavy atom. The number of anilines is 2. The summed E-state index contributed by atoms with van der Waals surface area (Å²) in [5.74, 6) is -0.910. The van der Waals surface area contributed by atoms with Gasteiger partial charge in [-0.2, -0.15) is 9.61 Å². The summed E-state index contributed by atoms with van der Waals surface area (Å²) in [6, 6.07) is 7.10. The van der Waals surface area contributed by atoms with E-state index in [9.17, 15) is 4.79 Å². The van der Waals surface area contributed by atoms with Gasteiger partial charge in [-0.05, 0) is 48.4 Å². The van der Waals surface area contributed by atoms with Crippen molar-refractivity contribution in [1.29, 1.82) is 0 Å². The molecule has 5 unspecified atom stereocenters. The lowest BCUT2D eigenvalue weighted by Crippen LogP contribution is -2.55. The van der Waals surface area contributed by atoms with E-state index in [0.717, 1.165) is 12.0 Å². The number of pyridine rings is 1. The van der Waals surface area contributed by atoms with E-state index in [1.54, 1.807) is 42.7 Å². The molecule has 2 fully saturated rings. The Kier molecular flexibility index (Phi) is 8.32. The van der Waals surface area contributed by atoms with E-state index in [1.807, 2.05) is 6.07 Å². The van der Waals surface area contributed by atoms with Gasteiger partial charge in [-0.15, -0.1) is 0 Å². The second-order valence-electron chi connectivity index (χ2n) is 11.5. The van der Waals surface area contributed by atoms with Crippen molar-refractivity contribution in [3.05, 3.63) is 66.1 Å². The van der Waals surface area contributed by atoms with Gasteiger partial charge in [0.15, 0.2) is 0 Å². The molecule has 0 spiro atoms. The Bertz CT molecular complexity index is 1630. The van der Waals surface area contributed by atoms with Crippen molar-refractivity contribution >= 4 is 23.2 Å². The highest BCUT2D eigenvalue weighted by molar-refractivity contribution is 5.68. The smallest absolute Gasteiger partial charge is 0.409 e. The molecule has 3 aromatic heterocycles. The number of rotatable bonds is 7. The molecule has 1 aliphatic heterocycles. The molecule has 5 atom stereocenters. The summed E-state index contributed by atoms with van der Waals surface area (Å²) >= 11 is 0. The molecule has 1 saturated carbocycles. The number of hydrogen-bond acceptors (Lipinski definition) is 9. The summed E-state index contributed by atoms with van der Waals surface area (Å²) in [4.78, 5) is 22.6. The second kappa shape index (κ2) is 12.3. The lowest BCUT2D eigenvalue weighted by Gasteiger charge is -2.43. The first kappa shape index (κ1) is 29.7. The standard InChI is InChI=1S/C31H35F2N7O4/c1-17-10-18(11-25(34)29(17)39(2)31(41)42-3)22-6-8-35-15-27(22)37-30-36-14-19-4-5-26(38-40(19)30)28-23(32)12-21(13-24(28)33)44-20-7-9-43-16-20/h4-6,8,12-15,17-18,20,25,29H,7,9-11,16,34H2,1-3H3,(H,36,37). The lowest BCUT2D eigenvalue weighted by atomic mass is 9.73. The third-order valence-corrected chi connectivity index (χ3v) is 8.53. The van der Waals surface area contributed by atoms with Crippen LogP contribution in [0.1, 0.15) is 37.7 Å². The van der Waals surface area contributed by atoms with Crippen molar-refractivity contribution in [1.82, 2.24) is 24.5 Å². The maximum Gasteiger partial charge on any atom is 0.409 e. The van der Waals surface area contributed by atoms with Crippen molar-refractivity contribution in [2.45, 2.75) is 50.3 Å². The monoisotopic (exact) mass is 607 g/mol.